The van der Waals surface area contributed by atoms with Crippen molar-refractivity contribution in [3.63, 3.8) is 0 Å². The lowest BCUT2D eigenvalue weighted by Gasteiger charge is -2.35. The lowest BCUT2D eigenvalue weighted by atomic mass is 9.70. The van der Waals surface area contributed by atoms with Crippen molar-refractivity contribution >= 4 is 5.57 Å². The highest BCUT2D eigenvalue weighted by molar-refractivity contribution is 5.74. The van der Waals surface area contributed by atoms with Crippen molar-refractivity contribution in [2.24, 2.45) is 17.8 Å². The zero-order chi connectivity index (χ0) is 30.9. The second-order valence-corrected chi connectivity index (χ2v) is 13.1. The highest BCUT2D eigenvalue weighted by Crippen LogP contribution is 2.43. The van der Waals surface area contributed by atoms with Gasteiger partial charge in [0.15, 0.2) is 11.6 Å². The van der Waals surface area contributed by atoms with Crippen molar-refractivity contribution in [2.45, 2.75) is 104 Å². The van der Waals surface area contributed by atoms with E-state index in [9.17, 15) is 8.78 Å². The maximum absolute atomic E-state index is 15.4. The largest absolute Gasteiger partial charge is 0.206 e. The molecule has 5 rings (SSSR count). The number of hydrogen-bond donors (Lipinski definition) is 0. The summed E-state index contributed by atoms with van der Waals surface area (Å²) in [4.78, 5) is 0. The highest BCUT2D eigenvalue weighted by Gasteiger charge is 2.29. The third-order valence-corrected chi connectivity index (χ3v) is 10.2. The van der Waals surface area contributed by atoms with E-state index in [0.717, 1.165) is 60.1 Å². The molecule has 3 heteroatoms. The van der Waals surface area contributed by atoms with Crippen LogP contribution in [0.2, 0.25) is 0 Å². The van der Waals surface area contributed by atoms with Crippen molar-refractivity contribution < 1.29 is 13.2 Å². The third-order valence-electron chi connectivity index (χ3n) is 10.2. The molecule has 3 aromatic rings. The lowest BCUT2D eigenvalue weighted by molar-refractivity contribution is 0.187. The summed E-state index contributed by atoms with van der Waals surface area (Å²) in [6.07, 6.45) is 22.6. The summed E-state index contributed by atoms with van der Waals surface area (Å²) in [5, 5.41) is 0. The van der Waals surface area contributed by atoms with Crippen molar-refractivity contribution in [2.75, 3.05) is 0 Å². The second-order valence-electron chi connectivity index (χ2n) is 13.1. The van der Waals surface area contributed by atoms with Gasteiger partial charge >= 0.3 is 0 Å². The maximum Gasteiger partial charge on any atom is 0.166 e. The van der Waals surface area contributed by atoms with Crippen LogP contribution in [0.1, 0.15) is 108 Å². The Kier molecular flexibility index (Phi) is 11.6. The highest BCUT2D eigenvalue weighted by atomic mass is 19.2. The summed E-state index contributed by atoms with van der Waals surface area (Å²) in [7, 11) is 0. The summed E-state index contributed by atoms with van der Waals surface area (Å²) in [5.74, 6) is 0.733. The van der Waals surface area contributed by atoms with Crippen LogP contribution < -0.4 is 0 Å². The molecule has 1 fully saturated rings. The molecule has 0 radical (unpaired) electrons. The fourth-order valence-corrected chi connectivity index (χ4v) is 7.48. The van der Waals surface area contributed by atoms with Gasteiger partial charge in [0.2, 0.25) is 0 Å². The summed E-state index contributed by atoms with van der Waals surface area (Å²) < 4.78 is 45.2. The number of halogens is 3. The molecule has 0 bridgehead atoms. The van der Waals surface area contributed by atoms with Gasteiger partial charge in [-0.3, -0.25) is 0 Å². The lowest BCUT2D eigenvalue weighted by Crippen LogP contribution is -2.23. The van der Waals surface area contributed by atoms with Gasteiger partial charge in [0.05, 0.1) is 0 Å². The molecule has 0 N–H and O–H groups in total. The smallest absolute Gasteiger partial charge is 0.166 e. The Hall–Kier alpha value is -3.07. The minimum atomic E-state index is -0.816. The van der Waals surface area contributed by atoms with Gasteiger partial charge in [-0.1, -0.05) is 119 Å². The first kappa shape index (κ1) is 32.3. The van der Waals surface area contributed by atoms with Crippen LogP contribution in [0, 0.1) is 35.2 Å². The Morgan fingerprint density at radius 1 is 0.705 bits per heavy atom. The van der Waals surface area contributed by atoms with Crippen LogP contribution in [0.3, 0.4) is 0 Å². The Balaban J connectivity index is 1.19. The van der Waals surface area contributed by atoms with Crippen LogP contribution >= 0.6 is 0 Å². The average molecular weight is 599 g/mol. The molecule has 44 heavy (non-hydrogen) atoms. The van der Waals surface area contributed by atoms with Crippen molar-refractivity contribution in [1.29, 1.82) is 0 Å². The number of rotatable bonds is 12. The predicted octanol–water partition coefficient (Wildman–Crippen LogP) is 12.9. The van der Waals surface area contributed by atoms with E-state index in [1.54, 1.807) is 30.3 Å². The van der Waals surface area contributed by atoms with E-state index in [1.165, 1.54) is 51.4 Å². The van der Waals surface area contributed by atoms with Gasteiger partial charge < -0.3 is 0 Å². The first-order valence-electron chi connectivity index (χ1n) is 17.2. The summed E-state index contributed by atoms with van der Waals surface area (Å²) in [5.41, 5.74) is 4.72. The first-order valence-corrected chi connectivity index (χ1v) is 17.2. The molecule has 2 aliphatic rings. The molecular formula is C41H49F3. The fourth-order valence-electron chi connectivity index (χ4n) is 7.48. The van der Waals surface area contributed by atoms with Gasteiger partial charge in [-0.2, -0.15) is 0 Å². The number of aryl methyl sites for hydroxylation is 1. The average Bonchev–Trinajstić information content (AvgIpc) is 3.06. The van der Waals surface area contributed by atoms with Gasteiger partial charge in [-0.25, -0.2) is 13.2 Å². The normalized spacial score (nSPS) is 20.7. The van der Waals surface area contributed by atoms with E-state index in [2.05, 4.69) is 13.0 Å². The minimum absolute atomic E-state index is 0.193. The molecule has 3 aromatic carbocycles. The van der Waals surface area contributed by atoms with Crippen LogP contribution in [-0.4, -0.2) is 0 Å². The van der Waals surface area contributed by atoms with Crippen molar-refractivity contribution in [3.8, 4) is 22.3 Å². The topological polar surface area (TPSA) is 0 Å². The maximum atomic E-state index is 15.4. The van der Waals surface area contributed by atoms with E-state index in [1.807, 2.05) is 43.3 Å². The van der Waals surface area contributed by atoms with Crippen molar-refractivity contribution in [3.05, 3.63) is 101 Å². The molecule has 0 aliphatic heterocycles. The molecule has 0 saturated heterocycles. The summed E-state index contributed by atoms with van der Waals surface area (Å²) >= 11 is 0. The van der Waals surface area contributed by atoms with Crippen LogP contribution in [0.15, 0.2) is 72.8 Å². The van der Waals surface area contributed by atoms with E-state index in [-0.39, 0.29) is 11.4 Å². The molecular weight excluding hydrogens is 549 g/mol. The number of unbranched alkanes of at least 4 members (excludes halogenated alkanes) is 2. The van der Waals surface area contributed by atoms with Gasteiger partial charge in [0.25, 0.3) is 0 Å². The number of hydrogen-bond acceptors (Lipinski definition) is 0. The zero-order valence-electron chi connectivity index (χ0n) is 26.7. The van der Waals surface area contributed by atoms with Crippen molar-refractivity contribution in [1.82, 2.24) is 0 Å². The fraction of sp³-hybridized carbons (Fsp3) is 0.463. The molecule has 2 aliphatic carbocycles. The van der Waals surface area contributed by atoms with E-state index in [4.69, 9.17) is 0 Å². The molecule has 1 unspecified atom stereocenters. The summed E-state index contributed by atoms with van der Waals surface area (Å²) in [6.45, 7) is 4.33. The third kappa shape index (κ3) is 7.95. The van der Waals surface area contributed by atoms with Crippen LogP contribution in [0.25, 0.3) is 27.8 Å². The summed E-state index contributed by atoms with van der Waals surface area (Å²) in [6, 6.07) is 16.1. The van der Waals surface area contributed by atoms with Gasteiger partial charge in [0, 0.05) is 11.1 Å². The Labute approximate surface area is 263 Å². The van der Waals surface area contributed by atoms with E-state index in [0.29, 0.717) is 29.5 Å². The first-order chi connectivity index (χ1) is 21.5. The minimum Gasteiger partial charge on any atom is -0.206 e. The van der Waals surface area contributed by atoms with Crippen LogP contribution in [-0.2, 0) is 6.42 Å². The molecule has 234 valence electrons. The molecule has 1 saturated carbocycles. The van der Waals surface area contributed by atoms with Gasteiger partial charge in [-0.15, -0.1) is 0 Å². The Morgan fingerprint density at radius 2 is 1.43 bits per heavy atom. The molecule has 0 amide bonds. The SMILES string of the molecule is CC/C=C/CCc1ccc(-c2ccc(-c3ccc(C4=CCC(C5CCC(CCCCC)CC5)CC4)c(F)c3)cc2)c(F)c1F. The van der Waals surface area contributed by atoms with E-state index < -0.39 is 11.6 Å². The van der Waals surface area contributed by atoms with Crippen LogP contribution in [0.4, 0.5) is 13.2 Å². The number of allylic oxidation sites excluding steroid dienone is 4. The van der Waals surface area contributed by atoms with Crippen LogP contribution in [0.5, 0.6) is 0 Å². The molecule has 1 atom stereocenters. The zero-order valence-corrected chi connectivity index (χ0v) is 26.7. The quantitative estimate of drug-likeness (QED) is 0.144. The standard InChI is InChI=1S/C41H49F3/c1-3-5-7-9-11-35-24-27-38(41(44)40(35)43)34-22-18-32(19-23-34)36-25-26-37(39(42)28-36)33-20-16-31(17-21-33)30-14-12-29(13-15-30)10-8-6-4-2/h5,7,18-20,22-31H,3-4,6,8-17,21H2,1-2H3/b7-5+. The molecule has 0 nitrogen and oxygen atoms in total. The predicted molar refractivity (Wildman–Crippen MR) is 180 cm³/mol. The second kappa shape index (κ2) is 15.8. The van der Waals surface area contributed by atoms with E-state index >= 15 is 4.39 Å². The van der Waals surface area contributed by atoms with Gasteiger partial charge in [0.1, 0.15) is 5.82 Å². The molecule has 0 spiro atoms. The van der Waals surface area contributed by atoms with Gasteiger partial charge in [-0.05, 0) is 103 Å². The monoisotopic (exact) mass is 598 g/mol. The Bertz CT molecular complexity index is 1420. The molecule has 0 aromatic heterocycles. The molecule has 0 heterocycles. The Morgan fingerprint density at radius 3 is 2.11 bits per heavy atom. The number of benzene rings is 3.